The maximum absolute atomic E-state index is 9.13. The van der Waals surface area contributed by atoms with Crippen molar-refractivity contribution in [3.05, 3.63) is 11.4 Å². The minimum absolute atomic E-state index is 0.121. The third-order valence-electron chi connectivity index (χ3n) is 2.41. The molecule has 1 rings (SSSR count). The van der Waals surface area contributed by atoms with Crippen LogP contribution in [0.3, 0.4) is 0 Å². The highest BCUT2D eigenvalue weighted by atomic mass is 16.3. The molecule has 16 heavy (non-hydrogen) atoms. The molecule has 0 radical (unpaired) electrons. The lowest BCUT2D eigenvalue weighted by Crippen LogP contribution is -2.65. The Morgan fingerprint density at radius 3 is 2.06 bits per heavy atom. The molecule has 0 aromatic heterocycles. The topological polar surface area (TPSA) is 143 Å². The Hall–Kier alpha value is -0.940. The fourth-order valence-electron chi connectivity index (χ4n) is 1.55. The molecule has 1 aliphatic rings. The van der Waals surface area contributed by atoms with E-state index in [4.69, 9.17) is 31.9 Å². The second-order valence-electron chi connectivity index (χ2n) is 3.14. The lowest BCUT2D eigenvalue weighted by Gasteiger charge is -2.47. The molecule has 1 atom stereocenters. The van der Waals surface area contributed by atoms with Crippen LogP contribution < -0.4 is 11.5 Å². The molecule has 0 amide bonds. The zero-order valence-corrected chi connectivity index (χ0v) is 8.69. The van der Waals surface area contributed by atoms with Crippen LogP contribution in [-0.2, 0) is 0 Å². The molecule has 0 fully saturated rings. The van der Waals surface area contributed by atoms with Gasteiger partial charge in [-0.25, -0.2) is 0 Å². The molecule has 0 saturated carbocycles. The Bertz CT molecular complexity index is 274. The van der Waals surface area contributed by atoms with Crippen LogP contribution >= 0.6 is 0 Å². The van der Waals surface area contributed by atoms with E-state index in [1.807, 2.05) is 0 Å². The summed E-state index contributed by atoms with van der Waals surface area (Å²) in [6.45, 7) is -1.96. The molecule has 0 aliphatic carbocycles. The first-order valence-electron chi connectivity index (χ1n) is 4.61. The summed E-state index contributed by atoms with van der Waals surface area (Å²) in [5, 5.41) is 39.8. The lowest BCUT2D eigenvalue weighted by atomic mass is 10.2. The van der Waals surface area contributed by atoms with Crippen molar-refractivity contribution in [1.29, 1.82) is 0 Å². The van der Waals surface area contributed by atoms with E-state index in [-0.39, 0.29) is 11.4 Å². The number of nitrogens with two attached hydrogens (primary N) is 2. The Balaban J connectivity index is 3.12. The Morgan fingerprint density at radius 1 is 1.06 bits per heavy atom. The molecule has 94 valence electrons. The Morgan fingerprint density at radius 2 is 1.69 bits per heavy atom. The van der Waals surface area contributed by atoms with Crippen molar-refractivity contribution >= 4 is 0 Å². The molecular formula is C7H17N5O4. The van der Waals surface area contributed by atoms with Gasteiger partial charge in [-0.15, -0.1) is 5.12 Å². The molecule has 1 heterocycles. The average Bonchev–Trinajstić information content (AvgIpc) is 2.31. The van der Waals surface area contributed by atoms with Gasteiger partial charge in [0.15, 0.2) is 0 Å². The largest absolute Gasteiger partial charge is 0.398 e. The van der Waals surface area contributed by atoms with E-state index in [1.165, 1.54) is 0 Å². The fourth-order valence-corrected chi connectivity index (χ4v) is 1.55. The van der Waals surface area contributed by atoms with E-state index in [9.17, 15) is 0 Å². The first-order valence-corrected chi connectivity index (χ1v) is 4.61. The minimum atomic E-state index is -0.873. The van der Waals surface area contributed by atoms with E-state index in [2.05, 4.69) is 0 Å². The number of aliphatic hydroxyl groups is 4. The predicted molar refractivity (Wildman–Crippen MR) is 53.0 cm³/mol. The van der Waals surface area contributed by atoms with Gasteiger partial charge in [-0.1, -0.05) is 0 Å². The van der Waals surface area contributed by atoms with Gasteiger partial charge in [0.2, 0.25) is 0 Å². The van der Waals surface area contributed by atoms with Gasteiger partial charge in [0, 0.05) is 0 Å². The molecule has 0 aromatic rings. The van der Waals surface area contributed by atoms with Crippen molar-refractivity contribution in [2.45, 2.75) is 6.17 Å². The van der Waals surface area contributed by atoms with Gasteiger partial charge in [0.05, 0.1) is 18.0 Å². The maximum Gasteiger partial charge on any atom is 0.131 e. The fraction of sp³-hybridized carbons (Fsp3) is 0.714. The third-order valence-corrected chi connectivity index (χ3v) is 2.41. The zero-order valence-electron chi connectivity index (χ0n) is 8.69. The van der Waals surface area contributed by atoms with Gasteiger partial charge in [0.25, 0.3) is 0 Å². The highest BCUT2D eigenvalue weighted by molar-refractivity contribution is 5.16. The van der Waals surface area contributed by atoms with Crippen molar-refractivity contribution in [1.82, 2.24) is 15.1 Å². The van der Waals surface area contributed by atoms with Crippen molar-refractivity contribution in [2.24, 2.45) is 11.5 Å². The molecule has 0 spiro atoms. The average molecular weight is 235 g/mol. The van der Waals surface area contributed by atoms with Crippen LogP contribution in [0.5, 0.6) is 0 Å². The minimum Gasteiger partial charge on any atom is -0.398 e. The van der Waals surface area contributed by atoms with E-state index in [0.717, 1.165) is 15.1 Å². The van der Waals surface area contributed by atoms with Crippen LogP contribution in [0.1, 0.15) is 0 Å². The Kier molecular flexibility index (Phi) is 4.44. The number of aliphatic hydroxyl groups excluding tert-OH is 4. The van der Waals surface area contributed by atoms with Crippen molar-refractivity contribution in [3.8, 4) is 0 Å². The van der Waals surface area contributed by atoms with Crippen molar-refractivity contribution < 1.29 is 20.4 Å². The van der Waals surface area contributed by atoms with Gasteiger partial charge >= 0.3 is 0 Å². The van der Waals surface area contributed by atoms with Crippen molar-refractivity contribution in [3.63, 3.8) is 0 Å². The Labute approximate surface area is 92.3 Å². The van der Waals surface area contributed by atoms with E-state index in [0.29, 0.717) is 0 Å². The maximum atomic E-state index is 9.13. The highest BCUT2D eigenvalue weighted by Gasteiger charge is 2.35. The first-order chi connectivity index (χ1) is 7.62. The summed E-state index contributed by atoms with van der Waals surface area (Å²) in [6, 6.07) is 0. The van der Waals surface area contributed by atoms with Crippen LogP contribution in [0.25, 0.3) is 0 Å². The standard InChI is InChI=1S/C7H17N5O4/c8-6-5(1-13)10(2-14)12(4-16)11(3-15)7(6)9/h7,13-16H,1-4,8-9H2. The molecule has 0 aromatic carbocycles. The monoisotopic (exact) mass is 235 g/mol. The van der Waals surface area contributed by atoms with E-state index >= 15 is 0 Å². The normalized spacial score (nSPS) is 24.3. The second kappa shape index (κ2) is 5.41. The number of nitrogens with zero attached hydrogens (tertiary/aromatic N) is 3. The van der Waals surface area contributed by atoms with Gasteiger partial charge in [-0.2, -0.15) is 5.01 Å². The smallest absolute Gasteiger partial charge is 0.131 e. The summed E-state index contributed by atoms with van der Waals surface area (Å²) in [4.78, 5) is 0. The molecule has 1 unspecified atom stereocenters. The van der Waals surface area contributed by atoms with Crippen LogP contribution in [0.2, 0.25) is 0 Å². The van der Waals surface area contributed by atoms with Crippen LogP contribution in [-0.4, -0.2) is 68.5 Å². The molecule has 0 bridgehead atoms. The van der Waals surface area contributed by atoms with E-state index < -0.39 is 33.0 Å². The molecule has 0 saturated heterocycles. The molecule has 9 nitrogen and oxygen atoms in total. The lowest BCUT2D eigenvalue weighted by molar-refractivity contribution is -0.268. The summed E-state index contributed by atoms with van der Waals surface area (Å²) in [7, 11) is 0. The van der Waals surface area contributed by atoms with Crippen LogP contribution in [0, 0.1) is 0 Å². The first kappa shape index (κ1) is 13.1. The quantitative estimate of drug-likeness (QED) is 0.287. The second-order valence-corrected chi connectivity index (χ2v) is 3.14. The molecule has 9 heteroatoms. The third kappa shape index (κ3) is 1.97. The van der Waals surface area contributed by atoms with Gasteiger partial charge in [-0.05, 0) is 0 Å². The van der Waals surface area contributed by atoms with Gasteiger partial charge in [-0.3, -0.25) is 5.01 Å². The van der Waals surface area contributed by atoms with E-state index in [1.54, 1.807) is 0 Å². The predicted octanol–water partition coefficient (Wildman–Crippen LogP) is -3.97. The summed E-state index contributed by atoms with van der Waals surface area (Å²) in [6.07, 6.45) is -0.873. The van der Waals surface area contributed by atoms with Crippen LogP contribution in [0.15, 0.2) is 11.4 Å². The number of rotatable bonds is 4. The molecule has 1 aliphatic heterocycles. The van der Waals surface area contributed by atoms with Crippen LogP contribution in [0.4, 0.5) is 0 Å². The molecular weight excluding hydrogens is 218 g/mol. The van der Waals surface area contributed by atoms with Gasteiger partial charge in [0.1, 0.15) is 26.4 Å². The molecule has 8 N–H and O–H groups in total. The summed E-state index contributed by atoms with van der Waals surface area (Å²) < 4.78 is 0. The summed E-state index contributed by atoms with van der Waals surface area (Å²) in [5.41, 5.74) is 11.7. The van der Waals surface area contributed by atoms with Crippen molar-refractivity contribution in [2.75, 3.05) is 26.8 Å². The number of hydrogen-bond donors (Lipinski definition) is 6. The summed E-state index contributed by atoms with van der Waals surface area (Å²) >= 11 is 0. The zero-order chi connectivity index (χ0) is 12.3. The highest BCUT2D eigenvalue weighted by Crippen LogP contribution is 2.21. The number of hydrogen-bond acceptors (Lipinski definition) is 9. The SMILES string of the molecule is NC1=C(CO)N(CO)N(CO)N(CO)C1N. The number of hydrazine groups is 2. The van der Waals surface area contributed by atoms with Gasteiger partial charge < -0.3 is 31.9 Å². The summed E-state index contributed by atoms with van der Waals surface area (Å²) in [5.74, 6) is 0.